The molecule has 9 aromatic rings. The summed E-state index contributed by atoms with van der Waals surface area (Å²) >= 11 is 0. The molecule has 0 spiro atoms. The van der Waals surface area contributed by atoms with E-state index in [1.54, 1.807) is 0 Å². The molecule has 0 N–H and O–H groups in total. The second-order valence-corrected chi connectivity index (χ2v) is 16.5. The van der Waals surface area contributed by atoms with Crippen LogP contribution in [0, 0.1) is 0 Å². The number of hydrogen-bond donors (Lipinski definition) is 0. The van der Waals surface area contributed by atoms with Crippen molar-refractivity contribution in [3.63, 3.8) is 0 Å². The second-order valence-electron chi connectivity index (χ2n) is 16.5. The van der Waals surface area contributed by atoms with E-state index in [0.29, 0.717) is 20.0 Å². The Morgan fingerprint density at radius 3 is 0.397 bits per heavy atom. The van der Waals surface area contributed by atoms with Gasteiger partial charge in [-0.1, -0.05) is 273 Å². The van der Waals surface area contributed by atoms with Crippen LogP contribution < -0.4 is 0 Å². The van der Waals surface area contributed by atoms with Crippen LogP contribution in [-0.4, -0.2) is 34.7 Å². The van der Waals surface area contributed by atoms with E-state index in [9.17, 15) is 0 Å². The van der Waals surface area contributed by atoms with Crippen molar-refractivity contribution >= 4 is 0 Å². The molecule has 3 heteroatoms. The van der Waals surface area contributed by atoms with Crippen molar-refractivity contribution in [2.75, 3.05) is 20.0 Å². The van der Waals surface area contributed by atoms with Crippen LogP contribution in [0.3, 0.4) is 0 Å². The normalized spacial score (nSPS) is 14.3. The number of rotatable bonds is 12. The molecule has 9 aromatic carbocycles. The predicted molar refractivity (Wildman–Crippen MR) is 258 cm³/mol. The third-order valence-corrected chi connectivity index (χ3v) is 13.2. The largest absolute Gasteiger partial charge is 0.260 e. The van der Waals surface area contributed by atoms with Gasteiger partial charge in [-0.05, 0) is 50.1 Å². The first-order valence-electron chi connectivity index (χ1n) is 22.0. The Bertz CT molecular complexity index is 2180. The number of benzene rings is 9. The quantitative estimate of drug-likeness (QED) is 0.114. The van der Waals surface area contributed by atoms with E-state index in [0.717, 1.165) is 0 Å². The molecule has 1 fully saturated rings. The molecule has 0 aromatic heterocycles. The molecule has 0 aliphatic carbocycles. The lowest BCUT2D eigenvalue weighted by Crippen LogP contribution is -2.69. The first-order valence-corrected chi connectivity index (χ1v) is 22.0. The van der Waals surface area contributed by atoms with Gasteiger partial charge in [-0.25, -0.2) is 0 Å². The van der Waals surface area contributed by atoms with Gasteiger partial charge >= 0.3 is 0 Å². The molecule has 63 heavy (non-hydrogen) atoms. The van der Waals surface area contributed by atoms with Crippen LogP contribution in [0.5, 0.6) is 0 Å². The number of hydrogen-bond acceptors (Lipinski definition) is 3. The van der Waals surface area contributed by atoms with E-state index in [4.69, 9.17) is 0 Å². The van der Waals surface area contributed by atoms with Crippen LogP contribution in [0.2, 0.25) is 0 Å². The molecule has 1 aliphatic rings. The summed E-state index contributed by atoms with van der Waals surface area (Å²) < 4.78 is 0. The van der Waals surface area contributed by atoms with E-state index < -0.39 is 16.6 Å². The SMILES string of the molecule is c1ccc(C(c2ccccc2)(c2ccccc2)N2CN(C(c3ccccc3)(c3ccccc3)c3ccccc3)CN(C(c3ccccc3)(c3ccccc3)c3ccccc3)C2)cc1. The molecule has 1 heterocycles. The molecular formula is C60H51N3. The zero-order chi connectivity index (χ0) is 42.4. The lowest BCUT2D eigenvalue weighted by molar-refractivity contribution is -0.119. The minimum Gasteiger partial charge on any atom is -0.260 e. The molecule has 0 saturated carbocycles. The van der Waals surface area contributed by atoms with Gasteiger partial charge < -0.3 is 0 Å². The van der Waals surface area contributed by atoms with Gasteiger partial charge in [0.1, 0.15) is 0 Å². The fourth-order valence-corrected chi connectivity index (χ4v) is 10.6. The van der Waals surface area contributed by atoms with Crippen LogP contribution in [0.25, 0.3) is 0 Å². The Labute approximate surface area is 372 Å². The van der Waals surface area contributed by atoms with Crippen molar-refractivity contribution < 1.29 is 0 Å². The smallest absolute Gasteiger partial charge is 0.0993 e. The molecule has 0 unspecified atom stereocenters. The topological polar surface area (TPSA) is 9.72 Å². The van der Waals surface area contributed by atoms with Crippen LogP contribution >= 0.6 is 0 Å². The highest BCUT2D eigenvalue weighted by atomic mass is 15.5. The Balaban J connectivity index is 1.35. The Kier molecular flexibility index (Phi) is 11.2. The van der Waals surface area contributed by atoms with E-state index >= 15 is 0 Å². The molecule has 306 valence electrons. The Morgan fingerprint density at radius 2 is 0.286 bits per heavy atom. The van der Waals surface area contributed by atoms with Crippen molar-refractivity contribution in [3.8, 4) is 0 Å². The third kappa shape index (κ3) is 6.92. The van der Waals surface area contributed by atoms with E-state index in [1.807, 2.05) is 0 Å². The Hall–Kier alpha value is -7.14. The maximum Gasteiger partial charge on any atom is 0.0993 e. The van der Waals surface area contributed by atoms with Gasteiger partial charge in [-0.3, -0.25) is 14.7 Å². The van der Waals surface area contributed by atoms with Crippen LogP contribution in [-0.2, 0) is 16.6 Å². The molecule has 0 atom stereocenters. The first kappa shape index (κ1) is 40.0. The maximum atomic E-state index is 2.75. The summed E-state index contributed by atoms with van der Waals surface area (Å²) in [5.74, 6) is 0. The van der Waals surface area contributed by atoms with Gasteiger partial charge in [0.25, 0.3) is 0 Å². The molecule has 10 rings (SSSR count). The van der Waals surface area contributed by atoms with Crippen molar-refractivity contribution in [2.24, 2.45) is 0 Å². The van der Waals surface area contributed by atoms with Crippen molar-refractivity contribution in [2.45, 2.75) is 16.6 Å². The van der Waals surface area contributed by atoms with Gasteiger partial charge in [0, 0.05) is 0 Å². The summed E-state index contributed by atoms with van der Waals surface area (Å²) in [4.78, 5) is 8.26. The van der Waals surface area contributed by atoms with Crippen molar-refractivity contribution in [1.82, 2.24) is 14.7 Å². The highest BCUT2D eigenvalue weighted by Gasteiger charge is 2.54. The van der Waals surface area contributed by atoms with E-state index in [1.165, 1.54) is 50.1 Å². The van der Waals surface area contributed by atoms with Gasteiger partial charge in [0.05, 0.1) is 36.6 Å². The zero-order valence-corrected chi connectivity index (χ0v) is 35.4. The number of nitrogens with zero attached hydrogens (tertiary/aromatic N) is 3. The monoisotopic (exact) mass is 813 g/mol. The van der Waals surface area contributed by atoms with Crippen molar-refractivity contribution in [3.05, 3.63) is 323 Å². The molecular weight excluding hydrogens is 763 g/mol. The lowest BCUT2D eigenvalue weighted by Gasteiger charge is -2.60. The fraction of sp³-hybridized carbons (Fsp3) is 0.100. The van der Waals surface area contributed by atoms with Crippen molar-refractivity contribution in [1.29, 1.82) is 0 Å². The van der Waals surface area contributed by atoms with Gasteiger partial charge in [0.15, 0.2) is 0 Å². The fourth-order valence-electron chi connectivity index (χ4n) is 10.6. The lowest BCUT2D eigenvalue weighted by atomic mass is 9.72. The Morgan fingerprint density at radius 1 is 0.175 bits per heavy atom. The summed E-state index contributed by atoms with van der Waals surface area (Å²) in [7, 11) is 0. The average Bonchev–Trinajstić information content (AvgIpc) is 3.38. The molecule has 0 bridgehead atoms. The third-order valence-electron chi connectivity index (χ3n) is 13.2. The van der Waals surface area contributed by atoms with Gasteiger partial charge in [-0.15, -0.1) is 0 Å². The summed E-state index contributed by atoms with van der Waals surface area (Å²) in [5, 5.41) is 0. The van der Waals surface area contributed by atoms with Crippen LogP contribution in [0.1, 0.15) is 50.1 Å². The average molecular weight is 814 g/mol. The van der Waals surface area contributed by atoms with Gasteiger partial charge in [0.2, 0.25) is 0 Å². The maximum absolute atomic E-state index is 2.75. The molecule has 3 nitrogen and oxygen atoms in total. The van der Waals surface area contributed by atoms with Crippen LogP contribution in [0.15, 0.2) is 273 Å². The highest BCUT2D eigenvalue weighted by molar-refractivity contribution is 5.54. The molecule has 1 saturated heterocycles. The summed E-state index contributed by atoms with van der Waals surface area (Å²) in [6, 6.07) is 100. The minimum atomic E-state index is -0.730. The molecule has 0 radical (unpaired) electrons. The highest BCUT2D eigenvalue weighted by Crippen LogP contribution is 2.51. The second kappa shape index (κ2) is 17.7. The predicted octanol–water partition coefficient (Wildman–Crippen LogP) is 12.8. The standard InChI is InChI=1S/C60H51N3/c1-10-28-49(29-11-1)58(50-30-12-2-13-31-50,51-32-14-3-15-33-51)61-46-62(59(52-34-16-4-17-35-52,53-36-18-5-19-37-53)54-38-20-6-21-39-54)48-63(47-61)60(55-40-22-7-23-41-55,56-42-24-8-25-43-56)57-44-26-9-27-45-57/h1-45H,46-48H2. The van der Waals surface area contributed by atoms with Gasteiger partial charge in [-0.2, -0.15) is 0 Å². The zero-order valence-electron chi connectivity index (χ0n) is 35.4. The van der Waals surface area contributed by atoms with E-state index in [-0.39, 0.29) is 0 Å². The summed E-state index contributed by atoms with van der Waals surface area (Å²) in [5.41, 5.74) is 8.67. The van der Waals surface area contributed by atoms with Crippen LogP contribution in [0.4, 0.5) is 0 Å². The molecule has 0 amide bonds. The summed E-state index contributed by atoms with van der Waals surface area (Å²) in [6.45, 7) is 1.84. The summed E-state index contributed by atoms with van der Waals surface area (Å²) in [6.07, 6.45) is 0. The minimum absolute atomic E-state index is 0.613. The molecule has 1 aliphatic heterocycles. The first-order chi connectivity index (χ1) is 31.3. The van der Waals surface area contributed by atoms with E-state index in [2.05, 4.69) is 288 Å².